The smallest absolute Gasteiger partial charge is 0.249 e. The summed E-state index contributed by atoms with van der Waals surface area (Å²) in [6.45, 7) is 1.97. The lowest BCUT2D eigenvalue weighted by Gasteiger charge is -2.34. The molecular formula is C38H38N6O8S2. The minimum Gasteiger partial charge on any atom is -0.493 e. The molecule has 2 fully saturated rings. The molecule has 3 aliphatic rings. The molecule has 0 radical (unpaired) electrons. The van der Waals surface area contributed by atoms with Gasteiger partial charge in [-0.3, -0.25) is 19.2 Å². The molecule has 1 atom stereocenters. The Morgan fingerprint density at radius 1 is 0.944 bits per heavy atom. The predicted octanol–water partition coefficient (Wildman–Crippen LogP) is 4.54. The van der Waals surface area contributed by atoms with Gasteiger partial charge in [0, 0.05) is 67.2 Å². The number of rotatable bonds is 11. The van der Waals surface area contributed by atoms with Gasteiger partial charge in [-0.05, 0) is 29.8 Å². The van der Waals surface area contributed by atoms with Crippen molar-refractivity contribution in [2.45, 2.75) is 12.5 Å². The van der Waals surface area contributed by atoms with Crippen LogP contribution in [0.4, 0.5) is 11.8 Å². The van der Waals surface area contributed by atoms with Crippen LogP contribution in [0.25, 0.3) is 17.0 Å². The fraction of sp³-hybridized carbons (Fsp3) is 0.316. The Morgan fingerprint density at radius 2 is 1.70 bits per heavy atom. The fourth-order valence-electron chi connectivity index (χ4n) is 6.23. The monoisotopic (exact) mass is 770 g/mol. The van der Waals surface area contributed by atoms with Crippen LogP contribution in [0.3, 0.4) is 0 Å². The molecule has 0 spiro atoms. The highest BCUT2D eigenvalue weighted by Crippen LogP contribution is 2.36. The molecule has 1 aromatic heterocycles. The maximum Gasteiger partial charge on any atom is 0.249 e. The number of hydrogen-bond donors (Lipinski definition) is 1. The van der Waals surface area contributed by atoms with Gasteiger partial charge in [0.25, 0.3) is 0 Å². The van der Waals surface area contributed by atoms with E-state index in [1.807, 2.05) is 29.2 Å². The zero-order valence-electron chi connectivity index (χ0n) is 29.7. The molecule has 54 heavy (non-hydrogen) atoms. The highest BCUT2D eigenvalue weighted by molar-refractivity contribution is 8.14. The number of fused-ring (bicyclic) bond motifs is 2. The topological polar surface area (TPSA) is 153 Å². The Balaban J connectivity index is 1.03. The van der Waals surface area contributed by atoms with E-state index in [-0.39, 0.29) is 41.9 Å². The van der Waals surface area contributed by atoms with Crippen LogP contribution in [-0.2, 0) is 14.4 Å². The summed E-state index contributed by atoms with van der Waals surface area (Å²) in [6.07, 6.45) is 3.42. The van der Waals surface area contributed by atoms with E-state index >= 15 is 0 Å². The van der Waals surface area contributed by atoms with Gasteiger partial charge in [0.2, 0.25) is 35.6 Å². The number of carbonyl (C=O) groups excluding carboxylic acids is 4. The molecule has 0 aliphatic carbocycles. The second-order valence-corrected chi connectivity index (χ2v) is 14.5. The molecule has 4 aromatic rings. The summed E-state index contributed by atoms with van der Waals surface area (Å²) >= 11 is 2.58. The van der Waals surface area contributed by atoms with Crippen LogP contribution in [-0.4, -0.2) is 113 Å². The van der Waals surface area contributed by atoms with Crippen molar-refractivity contribution in [1.82, 2.24) is 19.8 Å². The van der Waals surface area contributed by atoms with E-state index in [1.54, 1.807) is 58.4 Å². The van der Waals surface area contributed by atoms with Crippen molar-refractivity contribution in [2.24, 2.45) is 0 Å². The van der Waals surface area contributed by atoms with Crippen molar-refractivity contribution in [2.75, 3.05) is 74.8 Å². The Morgan fingerprint density at radius 3 is 2.48 bits per heavy atom. The average molecular weight is 771 g/mol. The molecule has 14 nitrogen and oxygen atoms in total. The number of nitrogens with one attached hydrogen (secondary N) is 1. The maximum absolute atomic E-state index is 13.9. The zero-order valence-corrected chi connectivity index (χ0v) is 31.3. The van der Waals surface area contributed by atoms with Gasteiger partial charge in [0.1, 0.15) is 11.9 Å². The molecule has 3 aromatic carbocycles. The predicted molar refractivity (Wildman–Crippen MR) is 207 cm³/mol. The second kappa shape index (κ2) is 16.7. The van der Waals surface area contributed by atoms with E-state index in [2.05, 4.69) is 5.32 Å². The number of nitrogens with zero attached hydrogens (tertiary/aromatic N) is 5. The largest absolute Gasteiger partial charge is 0.493 e. The van der Waals surface area contributed by atoms with Gasteiger partial charge >= 0.3 is 0 Å². The maximum atomic E-state index is 13.9. The van der Waals surface area contributed by atoms with Crippen molar-refractivity contribution in [1.29, 1.82) is 0 Å². The van der Waals surface area contributed by atoms with Gasteiger partial charge in [0.15, 0.2) is 23.0 Å². The van der Waals surface area contributed by atoms with E-state index in [1.165, 1.54) is 26.0 Å². The molecule has 280 valence electrons. The second-order valence-electron chi connectivity index (χ2n) is 12.5. The highest BCUT2D eigenvalue weighted by atomic mass is 32.2. The van der Waals surface area contributed by atoms with Crippen LogP contribution in [0.1, 0.15) is 22.3 Å². The van der Waals surface area contributed by atoms with Crippen LogP contribution < -0.4 is 29.2 Å². The summed E-state index contributed by atoms with van der Waals surface area (Å²) in [5.41, 5.74) is 1.93. The average Bonchev–Trinajstić information content (AvgIpc) is 3.90. The summed E-state index contributed by atoms with van der Waals surface area (Å²) in [6, 6.07) is 17.1. The zero-order chi connectivity index (χ0) is 37.6. The third-order valence-electron chi connectivity index (χ3n) is 9.18. The van der Waals surface area contributed by atoms with Crippen molar-refractivity contribution in [3.63, 3.8) is 0 Å². The van der Waals surface area contributed by atoms with Gasteiger partial charge < -0.3 is 39.0 Å². The first-order valence-corrected chi connectivity index (χ1v) is 19.4. The van der Waals surface area contributed by atoms with E-state index in [0.29, 0.717) is 89.0 Å². The number of thioether (sulfide) groups is 2. The molecule has 3 amide bonds. The summed E-state index contributed by atoms with van der Waals surface area (Å²) in [5, 5.41) is 3.41. The molecule has 3 aliphatic heterocycles. The van der Waals surface area contributed by atoms with Gasteiger partial charge in [-0.15, -0.1) is 11.8 Å². The van der Waals surface area contributed by atoms with Gasteiger partial charge in [-0.25, -0.2) is 4.98 Å². The highest BCUT2D eigenvalue weighted by Gasteiger charge is 2.35. The van der Waals surface area contributed by atoms with Crippen molar-refractivity contribution < 1.29 is 38.1 Å². The lowest BCUT2D eigenvalue weighted by molar-refractivity contribution is -0.135. The van der Waals surface area contributed by atoms with E-state index < -0.39 is 6.04 Å². The van der Waals surface area contributed by atoms with E-state index in [4.69, 9.17) is 28.9 Å². The number of methoxy groups -OCH3 is 2. The van der Waals surface area contributed by atoms with Crippen LogP contribution >= 0.6 is 23.5 Å². The summed E-state index contributed by atoms with van der Waals surface area (Å²) in [5.74, 6) is 3.25. The number of carbonyl (C=O) groups is 4. The molecule has 7 rings (SSSR count). The van der Waals surface area contributed by atoms with Crippen LogP contribution in [0.5, 0.6) is 23.0 Å². The number of ether oxygens (including phenoxy) is 4. The Kier molecular flexibility index (Phi) is 11.4. The minimum atomic E-state index is -0.730. The standard InChI is InChI=1S/C38H38N6O8S2/c1-49-30-19-26-27(20-31(30)50-2)39-38(43-15-13-42(14-16-43)33(45)11-9-24-8-10-29-32(18-24)52-23-51-29)41-35(26)40-36(47)28-21-53-22-44(28)34(46)12-17-54-37(48)25-6-4-3-5-7-25/h3-11,18-20,28H,12-17,21-23H2,1-2H3,(H,39,40,41,47)/b11-9+. The lowest BCUT2D eigenvalue weighted by Crippen LogP contribution is -2.49. The third-order valence-corrected chi connectivity index (χ3v) is 11.1. The fourth-order valence-corrected chi connectivity index (χ4v) is 8.18. The molecule has 1 N–H and O–H groups in total. The normalized spacial score (nSPS) is 16.6. The minimum absolute atomic E-state index is 0.102. The van der Waals surface area contributed by atoms with Crippen LogP contribution in [0, 0.1) is 0 Å². The summed E-state index contributed by atoms with van der Waals surface area (Å²) in [7, 11) is 3.05. The Bertz CT molecular complexity index is 2090. The number of aromatic nitrogens is 2. The van der Waals surface area contributed by atoms with Crippen LogP contribution in [0.2, 0.25) is 0 Å². The Labute approximate surface area is 320 Å². The summed E-state index contributed by atoms with van der Waals surface area (Å²) < 4.78 is 21.9. The molecule has 0 bridgehead atoms. The van der Waals surface area contributed by atoms with Gasteiger partial charge in [-0.2, -0.15) is 4.98 Å². The van der Waals surface area contributed by atoms with E-state index in [9.17, 15) is 19.2 Å². The third kappa shape index (κ3) is 8.19. The summed E-state index contributed by atoms with van der Waals surface area (Å²) in [4.78, 5) is 67.7. The number of anilines is 2. The number of piperazine rings is 1. The van der Waals surface area contributed by atoms with Crippen molar-refractivity contribution in [3.05, 3.63) is 77.9 Å². The molecule has 2 saturated heterocycles. The van der Waals surface area contributed by atoms with E-state index in [0.717, 1.165) is 17.3 Å². The number of benzene rings is 3. The molecule has 0 saturated carbocycles. The molecule has 4 heterocycles. The first kappa shape index (κ1) is 36.9. The molecular weight excluding hydrogens is 733 g/mol. The van der Waals surface area contributed by atoms with Crippen molar-refractivity contribution in [3.8, 4) is 23.0 Å². The van der Waals surface area contributed by atoms with Gasteiger partial charge in [0.05, 0.1) is 25.6 Å². The Hall–Kier alpha value is -5.48. The SMILES string of the molecule is COc1cc2nc(N3CCN(C(=O)/C=C/c4ccc5c(c4)OCO5)CC3)nc(NC(=O)C3CSCN3C(=O)CCSC(=O)c3ccccc3)c2cc1OC. The quantitative estimate of drug-likeness (QED) is 0.213. The van der Waals surface area contributed by atoms with Crippen molar-refractivity contribution >= 4 is 75.1 Å². The first-order chi connectivity index (χ1) is 26.3. The molecule has 16 heteroatoms. The molecule has 1 unspecified atom stereocenters. The lowest BCUT2D eigenvalue weighted by atomic mass is 10.2. The number of amides is 3. The number of hydrogen-bond acceptors (Lipinski definition) is 13. The van der Waals surface area contributed by atoms with Gasteiger partial charge in [-0.1, -0.05) is 48.2 Å². The van der Waals surface area contributed by atoms with Crippen LogP contribution in [0.15, 0.2) is 66.7 Å². The first-order valence-electron chi connectivity index (χ1n) is 17.3.